The number of hydrogen-bond donors (Lipinski definition) is 0. The number of hydrogen-bond acceptors (Lipinski definition) is 2. The zero-order valence-corrected chi connectivity index (χ0v) is 7.33. The van der Waals surface area contributed by atoms with E-state index < -0.39 is 11.8 Å². The van der Waals surface area contributed by atoms with Crippen LogP contribution in [0.1, 0.15) is 9.59 Å². The van der Waals surface area contributed by atoms with Gasteiger partial charge in [0.2, 0.25) is 0 Å². The van der Waals surface area contributed by atoms with Crippen molar-refractivity contribution in [3.8, 4) is 0 Å². The summed E-state index contributed by atoms with van der Waals surface area (Å²) < 4.78 is 2.50. The van der Waals surface area contributed by atoms with Crippen molar-refractivity contribution < 1.29 is 9.59 Å². The van der Waals surface area contributed by atoms with Crippen LogP contribution in [-0.4, -0.2) is 20.9 Å². The molecule has 0 unspecified atom stereocenters. The highest BCUT2D eigenvalue weighted by Gasteiger charge is 2.15. The minimum Gasteiger partial charge on any atom is -0.286 e. The average Bonchev–Trinajstić information content (AvgIpc) is 2.87. The van der Waals surface area contributed by atoms with E-state index in [1.807, 2.05) is 0 Å². The Bertz CT molecular complexity index is 396. The van der Waals surface area contributed by atoms with Crippen LogP contribution in [0.3, 0.4) is 0 Å². The maximum Gasteiger partial charge on any atom is 0.320 e. The molecule has 0 aliphatic carbocycles. The number of aromatic nitrogens is 2. The van der Waals surface area contributed by atoms with Crippen LogP contribution in [0.2, 0.25) is 0 Å². The molecule has 14 heavy (non-hydrogen) atoms. The lowest BCUT2D eigenvalue weighted by Crippen LogP contribution is -2.25. The van der Waals surface area contributed by atoms with Crippen molar-refractivity contribution in [2.45, 2.75) is 0 Å². The third-order valence-electron chi connectivity index (χ3n) is 1.86. The summed E-state index contributed by atoms with van der Waals surface area (Å²) in [6, 6.07) is 6.78. The monoisotopic (exact) mass is 188 g/mol. The topological polar surface area (TPSA) is 44.0 Å². The van der Waals surface area contributed by atoms with Crippen LogP contribution in [0.4, 0.5) is 0 Å². The van der Waals surface area contributed by atoms with Crippen LogP contribution in [0.15, 0.2) is 49.1 Å². The van der Waals surface area contributed by atoms with Crippen molar-refractivity contribution in [2.75, 3.05) is 0 Å². The lowest BCUT2D eigenvalue weighted by Gasteiger charge is -2.00. The summed E-state index contributed by atoms with van der Waals surface area (Å²) in [6.07, 6.45) is 6.18. The van der Waals surface area contributed by atoms with Gasteiger partial charge in [0.05, 0.1) is 0 Å². The highest BCUT2D eigenvalue weighted by atomic mass is 16.2. The Labute approximate surface area is 80.4 Å². The fraction of sp³-hybridized carbons (Fsp3) is 0. The molecule has 0 N–H and O–H groups in total. The van der Waals surface area contributed by atoms with Gasteiger partial charge in [-0.1, -0.05) is 0 Å². The van der Waals surface area contributed by atoms with Gasteiger partial charge in [-0.05, 0) is 24.3 Å². The van der Waals surface area contributed by atoms with Crippen molar-refractivity contribution in [3.05, 3.63) is 49.1 Å². The van der Waals surface area contributed by atoms with Gasteiger partial charge in [0, 0.05) is 24.8 Å². The molecule has 0 aliphatic heterocycles. The van der Waals surface area contributed by atoms with Crippen LogP contribution in [0.25, 0.3) is 0 Å². The van der Waals surface area contributed by atoms with Gasteiger partial charge >= 0.3 is 11.8 Å². The SMILES string of the molecule is O=C(C(=O)n1cccc1)n1cccc1. The van der Waals surface area contributed by atoms with Crippen molar-refractivity contribution in [1.82, 2.24) is 9.13 Å². The van der Waals surface area contributed by atoms with Gasteiger partial charge < -0.3 is 0 Å². The summed E-state index contributed by atoms with van der Waals surface area (Å²) in [5, 5.41) is 0. The first-order valence-electron chi connectivity index (χ1n) is 4.14. The summed E-state index contributed by atoms with van der Waals surface area (Å²) >= 11 is 0. The molecule has 4 heteroatoms. The van der Waals surface area contributed by atoms with Crippen LogP contribution in [0.5, 0.6) is 0 Å². The van der Waals surface area contributed by atoms with Crippen LogP contribution in [0, 0.1) is 0 Å². The van der Waals surface area contributed by atoms with E-state index in [1.54, 1.807) is 49.1 Å². The molecule has 0 amide bonds. The van der Waals surface area contributed by atoms with Gasteiger partial charge in [-0.25, -0.2) is 0 Å². The molecule has 0 aromatic carbocycles. The predicted molar refractivity (Wildman–Crippen MR) is 50.1 cm³/mol. The molecule has 0 radical (unpaired) electrons. The molecule has 0 atom stereocenters. The first-order chi connectivity index (χ1) is 6.79. The van der Waals surface area contributed by atoms with E-state index in [2.05, 4.69) is 0 Å². The van der Waals surface area contributed by atoms with Gasteiger partial charge in [-0.2, -0.15) is 0 Å². The minimum atomic E-state index is -0.564. The van der Waals surface area contributed by atoms with Crippen molar-refractivity contribution >= 4 is 11.8 Å². The molecule has 4 nitrogen and oxygen atoms in total. The smallest absolute Gasteiger partial charge is 0.286 e. The Morgan fingerprint density at radius 2 is 0.929 bits per heavy atom. The van der Waals surface area contributed by atoms with E-state index in [-0.39, 0.29) is 0 Å². The lowest BCUT2D eigenvalue weighted by atomic mass is 10.5. The third kappa shape index (κ3) is 1.37. The average molecular weight is 188 g/mol. The second-order valence-corrected chi connectivity index (χ2v) is 2.79. The quantitative estimate of drug-likeness (QED) is 0.584. The van der Waals surface area contributed by atoms with Gasteiger partial charge in [0.1, 0.15) is 0 Å². The van der Waals surface area contributed by atoms with Crippen molar-refractivity contribution in [3.63, 3.8) is 0 Å². The fourth-order valence-electron chi connectivity index (χ4n) is 1.16. The Morgan fingerprint density at radius 1 is 0.643 bits per heavy atom. The van der Waals surface area contributed by atoms with Gasteiger partial charge in [0.15, 0.2) is 0 Å². The lowest BCUT2D eigenvalue weighted by molar-refractivity contribution is 0.0716. The second kappa shape index (κ2) is 3.33. The molecule has 2 heterocycles. The predicted octanol–water partition coefficient (Wildman–Crippen LogP) is 1.27. The number of rotatable bonds is 0. The molecular formula is C10H8N2O2. The highest BCUT2D eigenvalue weighted by molar-refractivity contribution is 6.36. The highest BCUT2D eigenvalue weighted by Crippen LogP contribution is 1.95. The summed E-state index contributed by atoms with van der Waals surface area (Å²) in [5.74, 6) is -1.13. The Kier molecular flexibility index (Phi) is 2.02. The first-order valence-corrected chi connectivity index (χ1v) is 4.14. The molecule has 0 bridgehead atoms. The summed E-state index contributed by atoms with van der Waals surface area (Å²) in [7, 11) is 0. The molecule has 2 aromatic heterocycles. The Hall–Kier alpha value is -2.10. The molecule has 2 aromatic rings. The van der Waals surface area contributed by atoms with Crippen LogP contribution < -0.4 is 0 Å². The zero-order chi connectivity index (χ0) is 9.97. The van der Waals surface area contributed by atoms with E-state index in [1.165, 1.54) is 9.13 Å². The molecule has 0 spiro atoms. The van der Waals surface area contributed by atoms with Gasteiger partial charge in [-0.15, -0.1) is 0 Å². The molecule has 2 rings (SSSR count). The number of carbonyl (C=O) groups excluding carboxylic acids is 2. The second-order valence-electron chi connectivity index (χ2n) is 2.79. The molecule has 0 saturated heterocycles. The van der Waals surface area contributed by atoms with Crippen LogP contribution in [-0.2, 0) is 0 Å². The fourth-order valence-corrected chi connectivity index (χ4v) is 1.16. The molecule has 0 saturated carbocycles. The minimum absolute atomic E-state index is 0.564. The van der Waals surface area contributed by atoms with Gasteiger partial charge in [-0.3, -0.25) is 18.7 Å². The molecule has 0 aliphatic rings. The van der Waals surface area contributed by atoms with E-state index in [0.717, 1.165) is 0 Å². The van der Waals surface area contributed by atoms with Crippen LogP contribution >= 0.6 is 0 Å². The zero-order valence-electron chi connectivity index (χ0n) is 7.33. The maximum atomic E-state index is 11.5. The largest absolute Gasteiger partial charge is 0.320 e. The molecular weight excluding hydrogens is 180 g/mol. The normalized spacial score (nSPS) is 10.0. The van der Waals surface area contributed by atoms with E-state index in [4.69, 9.17) is 0 Å². The third-order valence-corrected chi connectivity index (χ3v) is 1.86. The summed E-state index contributed by atoms with van der Waals surface area (Å²) in [5.41, 5.74) is 0. The van der Waals surface area contributed by atoms with Crippen molar-refractivity contribution in [2.24, 2.45) is 0 Å². The van der Waals surface area contributed by atoms with E-state index in [0.29, 0.717) is 0 Å². The summed E-state index contributed by atoms with van der Waals surface area (Å²) in [4.78, 5) is 23.0. The van der Waals surface area contributed by atoms with E-state index >= 15 is 0 Å². The number of carbonyl (C=O) groups is 2. The van der Waals surface area contributed by atoms with Crippen molar-refractivity contribution in [1.29, 1.82) is 0 Å². The van der Waals surface area contributed by atoms with E-state index in [9.17, 15) is 9.59 Å². The summed E-state index contributed by atoms with van der Waals surface area (Å²) in [6.45, 7) is 0. The Morgan fingerprint density at radius 3 is 1.21 bits per heavy atom. The first kappa shape index (κ1) is 8.50. The maximum absolute atomic E-state index is 11.5. The molecule has 0 fully saturated rings. The number of nitrogens with zero attached hydrogens (tertiary/aromatic N) is 2. The van der Waals surface area contributed by atoms with Gasteiger partial charge in [0.25, 0.3) is 0 Å². The Balaban J connectivity index is 2.26. The standard InChI is InChI=1S/C10H8N2O2/c13-9(11-5-1-2-6-11)10(14)12-7-3-4-8-12/h1-8H. The molecule has 70 valence electrons.